The van der Waals surface area contributed by atoms with Crippen molar-refractivity contribution in [1.29, 1.82) is 0 Å². The first-order chi connectivity index (χ1) is 17.9. The van der Waals surface area contributed by atoms with Crippen molar-refractivity contribution in [3.05, 3.63) is 11.9 Å². The molecule has 0 aromatic carbocycles. The minimum absolute atomic E-state index is 0.108. The van der Waals surface area contributed by atoms with Crippen LogP contribution in [-0.2, 0) is 59.9 Å². The van der Waals surface area contributed by atoms with Gasteiger partial charge in [-0.25, -0.2) is 9.25 Å². The van der Waals surface area contributed by atoms with Gasteiger partial charge in [-0.2, -0.15) is 0 Å². The average molecular weight is 554 g/mol. The normalized spacial score (nSPS) is 23.5. The molecule has 0 aliphatic carbocycles. The molecule has 1 aliphatic rings. The lowest BCUT2D eigenvalue weighted by Crippen LogP contribution is -2.38. The predicted molar refractivity (Wildman–Crippen MR) is 132 cm³/mol. The summed E-state index contributed by atoms with van der Waals surface area (Å²) in [5, 5.41) is 8.16. The van der Waals surface area contributed by atoms with Gasteiger partial charge in [-0.05, 0) is 0 Å². The van der Waals surface area contributed by atoms with Crippen molar-refractivity contribution >= 4 is 15.7 Å². The van der Waals surface area contributed by atoms with Crippen molar-refractivity contribution in [2.45, 2.75) is 37.5 Å². The molecule has 0 spiro atoms. The molecule has 214 valence electrons. The second-order valence-electron chi connectivity index (χ2n) is 8.04. The topological polar surface area (TPSA) is 177 Å². The van der Waals surface area contributed by atoms with Gasteiger partial charge in [-0.3, -0.25) is 9.05 Å². The van der Waals surface area contributed by atoms with Crippen LogP contribution in [0.2, 0.25) is 0 Å². The lowest BCUT2D eigenvalue weighted by Gasteiger charge is -2.24. The van der Waals surface area contributed by atoms with Gasteiger partial charge in [0.2, 0.25) is 0 Å². The second-order valence-corrected chi connectivity index (χ2v) is 9.56. The van der Waals surface area contributed by atoms with Crippen LogP contribution in [0.3, 0.4) is 0 Å². The molecule has 2 heterocycles. The fraction of sp³-hybridized carbons (Fsp3) is 0.900. The number of hydrogen-bond donors (Lipinski definition) is 2. The smallest absolute Gasteiger partial charge is 0.382 e. The largest absolute Gasteiger partial charge is 0.472 e. The van der Waals surface area contributed by atoms with Crippen molar-refractivity contribution in [2.24, 2.45) is 5.73 Å². The molecule has 0 radical (unpaired) electrons. The van der Waals surface area contributed by atoms with Gasteiger partial charge in [0.25, 0.3) is 0 Å². The van der Waals surface area contributed by atoms with E-state index in [0.29, 0.717) is 71.6 Å². The van der Waals surface area contributed by atoms with Crippen molar-refractivity contribution in [3.63, 3.8) is 0 Å². The zero-order chi connectivity index (χ0) is 26.9. The Labute approximate surface area is 218 Å². The van der Waals surface area contributed by atoms with Crippen LogP contribution < -0.4 is 5.73 Å². The van der Waals surface area contributed by atoms with Crippen LogP contribution in [0.25, 0.3) is 0 Å². The summed E-state index contributed by atoms with van der Waals surface area (Å²) in [7, 11) is 0.127. The van der Waals surface area contributed by atoms with Gasteiger partial charge in [0.1, 0.15) is 31.9 Å². The van der Waals surface area contributed by atoms with Gasteiger partial charge in [-0.1, -0.05) is 5.21 Å². The van der Waals surface area contributed by atoms with Crippen LogP contribution in [0.4, 0.5) is 0 Å². The van der Waals surface area contributed by atoms with E-state index in [1.54, 1.807) is 18.7 Å². The summed E-state index contributed by atoms with van der Waals surface area (Å²) in [5.74, 6) is 0. The highest BCUT2D eigenvalue weighted by Gasteiger charge is 2.47. The van der Waals surface area contributed by atoms with E-state index in [4.69, 9.17) is 43.4 Å². The molecule has 1 aromatic rings. The Kier molecular flexibility index (Phi) is 15.9. The van der Waals surface area contributed by atoms with Gasteiger partial charge in [0.05, 0.1) is 84.8 Å². The molecule has 1 saturated heterocycles. The number of ether oxygens (including phenoxy) is 7. The van der Waals surface area contributed by atoms with Crippen LogP contribution in [0.1, 0.15) is 5.69 Å². The standard InChI is InChI=1S/C20H40BN4O11P/c1-28-15-17-18(36-37(26,27)29-2)19(20(21)35-17)34-14-16-13-25(24-23-16)4-6-31-8-10-33-12-11-32-9-7-30-5-3-22/h13,17-20H,3-12,14-15,21-22H2,1-2H3,(H,26,27)/t17-,18+,19?,20-/m1/s1. The van der Waals surface area contributed by atoms with Crippen molar-refractivity contribution in [1.82, 2.24) is 15.0 Å². The zero-order valence-electron chi connectivity index (χ0n) is 21.8. The minimum atomic E-state index is -4.26. The maximum Gasteiger partial charge on any atom is 0.472 e. The van der Waals surface area contributed by atoms with Crippen molar-refractivity contribution in [2.75, 3.05) is 80.2 Å². The average Bonchev–Trinajstić information content (AvgIpc) is 3.44. The van der Waals surface area contributed by atoms with Crippen LogP contribution in [0.15, 0.2) is 6.20 Å². The highest BCUT2D eigenvalue weighted by Crippen LogP contribution is 2.46. The number of aromatic nitrogens is 3. The predicted octanol–water partition coefficient (Wildman–Crippen LogP) is -1.68. The summed E-state index contributed by atoms with van der Waals surface area (Å²) in [6.45, 7) is 5.18. The minimum Gasteiger partial charge on any atom is -0.382 e. The van der Waals surface area contributed by atoms with E-state index in [0.717, 1.165) is 7.11 Å². The quantitative estimate of drug-likeness (QED) is 0.0944. The summed E-state index contributed by atoms with van der Waals surface area (Å²) in [4.78, 5) is 9.78. The molecule has 2 unspecified atom stereocenters. The van der Waals surface area contributed by atoms with E-state index in [1.165, 1.54) is 7.11 Å². The zero-order valence-corrected chi connectivity index (χ0v) is 22.7. The Morgan fingerprint density at radius 3 is 2.27 bits per heavy atom. The number of nitrogens with zero attached hydrogens (tertiary/aromatic N) is 3. The van der Waals surface area contributed by atoms with Crippen molar-refractivity contribution in [3.8, 4) is 0 Å². The Balaban J connectivity index is 1.62. The molecule has 5 atom stereocenters. The number of phosphoric acid groups is 1. The monoisotopic (exact) mass is 554 g/mol. The molecule has 0 saturated carbocycles. The molecule has 17 heteroatoms. The fourth-order valence-corrected chi connectivity index (χ4v) is 4.11. The highest BCUT2D eigenvalue weighted by atomic mass is 31.2. The molecule has 1 fully saturated rings. The molecule has 1 aromatic heterocycles. The molecule has 15 nitrogen and oxygen atoms in total. The van der Waals surface area contributed by atoms with Crippen LogP contribution in [0, 0.1) is 0 Å². The van der Waals surface area contributed by atoms with Crippen molar-refractivity contribution < 1.29 is 51.7 Å². The second kappa shape index (κ2) is 18.3. The summed E-state index contributed by atoms with van der Waals surface area (Å²) in [5.41, 5.74) is 5.91. The molecule has 0 bridgehead atoms. The summed E-state index contributed by atoms with van der Waals surface area (Å²) in [6.07, 6.45) is -0.354. The van der Waals surface area contributed by atoms with Gasteiger partial charge in [0.15, 0.2) is 0 Å². The Morgan fingerprint density at radius 2 is 1.68 bits per heavy atom. The van der Waals surface area contributed by atoms with E-state index >= 15 is 0 Å². The molecule has 1 aliphatic heterocycles. The van der Waals surface area contributed by atoms with Gasteiger partial charge in [0, 0.05) is 20.8 Å². The maximum absolute atomic E-state index is 12.0. The first-order valence-electron chi connectivity index (χ1n) is 12.1. The Bertz CT molecular complexity index is 780. The van der Waals surface area contributed by atoms with E-state index < -0.39 is 32.1 Å². The van der Waals surface area contributed by atoms with Gasteiger partial charge in [-0.15, -0.1) is 5.10 Å². The molecular formula is C20H40BN4O11P. The lowest BCUT2D eigenvalue weighted by atomic mass is 9.93. The molecular weight excluding hydrogens is 514 g/mol. The Morgan fingerprint density at radius 1 is 1.05 bits per heavy atom. The van der Waals surface area contributed by atoms with Crippen LogP contribution in [0.5, 0.6) is 0 Å². The highest BCUT2D eigenvalue weighted by molar-refractivity contribution is 7.47. The first kappa shape index (κ1) is 32.2. The Hall–Kier alpha value is -1.01. The number of methoxy groups -OCH3 is 1. The number of rotatable bonds is 22. The first-order valence-corrected chi connectivity index (χ1v) is 13.6. The maximum atomic E-state index is 12.0. The fourth-order valence-electron chi connectivity index (χ4n) is 3.46. The SMILES string of the molecule is B[C@@H]1O[C@H](COC)[C@H](OP(=O)(O)OC)C1OCc1cn(CCOCCOCCOCCOCCN)nn1. The number of nitrogens with two attached hydrogens (primary N) is 1. The summed E-state index contributed by atoms with van der Waals surface area (Å²) >= 11 is 0. The number of phosphoric ester groups is 1. The van der Waals surface area contributed by atoms with Crippen LogP contribution in [-0.4, -0.2) is 132 Å². The van der Waals surface area contributed by atoms with E-state index in [2.05, 4.69) is 14.8 Å². The lowest BCUT2D eigenvalue weighted by molar-refractivity contribution is -0.0398. The van der Waals surface area contributed by atoms with Gasteiger partial charge < -0.3 is 43.8 Å². The third-order valence-corrected chi connectivity index (χ3v) is 6.18. The van der Waals surface area contributed by atoms with Crippen LogP contribution >= 0.6 is 7.82 Å². The molecule has 37 heavy (non-hydrogen) atoms. The van der Waals surface area contributed by atoms with E-state index in [1.807, 2.05) is 0 Å². The summed E-state index contributed by atoms with van der Waals surface area (Å²) < 4.78 is 61.9. The molecule has 3 N–H and O–H groups in total. The molecule has 2 rings (SSSR count). The van der Waals surface area contributed by atoms with E-state index in [9.17, 15) is 9.46 Å². The third kappa shape index (κ3) is 12.6. The molecule has 0 amide bonds. The number of hydrogen-bond acceptors (Lipinski definition) is 13. The van der Waals surface area contributed by atoms with E-state index in [-0.39, 0.29) is 13.2 Å². The van der Waals surface area contributed by atoms with Gasteiger partial charge >= 0.3 is 7.82 Å². The summed E-state index contributed by atoms with van der Waals surface area (Å²) in [6, 6.07) is -0.408. The third-order valence-electron chi connectivity index (χ3n) is 5.21.